The van der Waals surface area contributed by atoms with Crippen molar-refractivity contribution in [3.05, 3.63) is 0 Å². The van der Waals surface area contributed by atoms with Gasteiger partial charge in [0.15, 0.2) is 0 Å². The molecule has 2 atom stereocenters. The lowest BCUT2D eigenvalue weighted by Crippen LogP contribution is -2.48. The quantitative estimate of drug-likeness (QED) is 0.645. The fourth-order valence-electron chi connectivity index (χ4n) is 1.50. The van der Waals surface area contributed by atoms with E-state index in [4.69, 9.17) is 15.2 Å². The van der Waals surface area contributed by atoms with Gasteiger partial charge in [0.25, 0.3) is 5.91 Å². The van der Waals surface area contributed by atoms with Crippen LogP contribution in [-0.2, 0) is 14.3 Å². The van der Waals surface area contributed by atoms with Crippen LogP contribution in [0.2, 0.25) is 0 Å². The van der Waals surface area contributed by atoms with Crippen LogP contribution in [0.1, 0.15) is 13.8 Å². The van der Waals surface area contributed by atoms with E-state index in [-0.39, 0.29) is 18.5 Å². The van der Waals surface area contributed by atoms with Crippen molar-refractivity contribution >= 4 is 5.91 Å². The Labute approximate surface area is 91.5 Å². The normalized spacial score (nSPS) is 14.7. The molecule has 1 amide bonds. The minimum Gasteiger partial charge on any atom is -0.383 e. The molecule has 5 heteroatoms. The van der Waals surface area contributed by atoms with Crippen LogP contribution >= 0.6 is 0 Å². The number of likely N-dealkylation sites (N-methyl/N-ethyl adjacent to an activating group) is 1. The Morgan fingerprint density at radius 2 is 2.07 bits per heavy atom. The maximum absolute atomic E-state index is 11.9. The predicted octanol–water partition coefficient (Wildman–Crippen LogP) is -0.156. The first-order chi connectivity index (χ1) is 7.12. The number of nitrogens with two attached hydrogens (primary N) is 1. The number of hydrogen-bond acceptors (Lipinski definition) is 4. The van der Waals surface area contributed by atoms with Crippen LogP contribution in [0.15, 0.2) is 0 Å². The van der Waals surface area contributed by atoms with Crippen molar-refractivity contribution in [2.24, 2.45) is 5.73 Å². The first kappa shape index (κ1) is 14.3. The van der Waals surface area contributed by atoms with Gasteiger partial charge in [-0.15, -0.1) is 0 Å². The number of carbonyl (C=O) groups excluding carboxylic acids is 1. The largest absolute Gasteiger partial charge is 0.383 e. The number of amides is 1. The second-order valence-electron chi connectivity index (χ2n) is 3.39. The van der Waals surface area contributed by atoms with Crippen LogP contribution in [-0.4, -0.2) is 56.9 Å². The summed E-state index contributed by atoms with van der Waals surface area (Å²) in [6.45, 7) is 5.21. The Kier molecular flexibility index (Phi) is 7.29. The van der Waals surface area contributed by atoms with Crippen molar-refractivity contribution in [1.82, 2.24) is 4.90 Å². The fraction of sp³-hybridized carbons (Fsp3) is 0.900. The Morgan fingerprint density at radius 3 is 2.40 bits per heavy atom. The summed E-state index contributed by atoms with van der Waals surface area (Å²) < 4.78 is 10.0. The van der Waals surface area contributed by atoms with Crippen LogP contribution in [0.4, 0.5) is 0 Å². The highest BCUT2D eigenvalue weighted by Crippen LogP contribution is 2.04. The van der Waals surface area contributed by atoms with Gasteiger partial charge in [-0.25, -0.2) is 0 Å². The van der Waals surface area contributed by atoms with E-state index < -0.39 is 6.10 Å². The Bertz CT molecular complexity index is 184. The molecule has 0 saturated carbocycles. The molecular weight excluding hydrogens is 196 g/mol. The highest BCUT2D eigenvalue weighted by Gasteiger charge is 2.25. The van der Waals surface area contributed by atoms with Crippen molar-refractivity contribution in [2.45, 2.75) is 26.0 Å². The molecule has 0 fully saturated rings. The van der Waals surface area contributed by atoms with E-state index in [1.807, 2.05) is 13.8 Å². The molecule has 2 unspecified atom stereocenters. The molecule has 0 aromatic heterocycles. The van der Waals surface area contributed by atoms with Crippen molar-refractivity contribution < 1.29 is 14.3 Å². The zero-order chi connectivity index (χ0) is 11.8. The van der Waals surface area contributed by atoms with Crippen molar-refractivity contribution in [3.63, 3.8) is 0 Å². The number of ether oxygens (including phenoxy) is 2. The molecule has 0 radical (unpaired) electrons. The smallest absolute Gasteiger partial charge is 0.253 e. The van der Waals surface area contributed by atoms with Gasteiger partial charge in [-0.1, -0.05) is 0 Å². The van der Waals surface area contributed by atoms with Crippen LogP contribution in [0.5, 0.6) is 0 Å². The molecule has 15 heavy (non-hydrogen) atoms. The summed E-state index contributed by atoms with van der Waals surface area (Å²) in [6.07, 6.45) is -0.552. The molecule has 0 spiro atoms. The number of hydrogen-bond donors (Lipinski definition) is 1. The summed E-state index contributed by atoms with van der Waals surface area (Å²) >= 11 is 0. The zero-order valence-corrected chi connectivity index (χ0v) is 10.0. The molecule has 2 N–H and O–H groups in total. The van der Waals surface area contributed by atoms with E-state index in [9.17, 15) is 4.79 Å². The lowest BCUT2D eigenvalue weighted by Gasteiger charge is -2.30. The molecule has 0 aromatic carbocycles. The topological polar surface area (TPSA) is 64.8 Å². The molecule has 90 valence electrons. The van der Waals surface area contributed by atoms with E-state index >= 15 is 0 Å². The van der Waals surface area contributed by atoms with E-state index in [1.165, 1.54) is 7.11 Å². The van der Waals surface area contributed by atoms with E-state index in [1.54, 1.807) is 12.0 Å². The minimum absolute atomic E-state index is 0.0386. The van der Waals surface area contributed by atoms with Crippen LogP contribution in [0.3, 0.4) is 0 Å². The molecule has 5 nitrogen and oxygen atoms in total. The van der Waals surface area contributed by atoms with Gasteiger partial charge in [0.05, 0.1) is 12.6 Å². The van der Waals surface area contributed by atoms with Gasteiger partial charge in [0.1, 0.15) is 6.10 Å². The Balaban J connectivity index is 4.44. The highest BCUT2D eigenvalue weighted by atomic mass is 16.5. The van der Waals surface area contributed by atoms with Gasteiger partial charge >= 0.3 is 0 Å². The lowest BCUT2D eigenvalue weighted by atomic mass is 10.2. The van der Waals surface area contributed by atoms with Gasteiger partial charge in [-0.2, -0.15) is 0 Å². The average molecular weight is 218 g/mol. The third kappa shape index (κ3) is 4.15. The summed E-state index contributed by atoms with van der Waals surface area (Å²) in [7, 11) is 3.11. The van der Waals surface area contributed by atoms with Crippen molar-refractivity contribution in [1.29, 1.82) is 0 Å². The van der Waals surface area contributed by atoms with Crippen molar-refractivity contribution in [3.8, 4) is 0 Å². The van der Waals surface area contributed by atoms with Crippen LogP contribution in [0.25, 0.3) is 0 Å². The number of rotatable bonds is 7. The van der Waals surface area contributed by atoms with Gasteiger partial charge in [0.2, 0.25) is 0 Å². The third-order valence-corrected chi connectivity index (χ3v) is 2.34. The lowest BCUT2D eigenvalue weighted by molar-refractivity contribution is -0.144. The van der Waals surface area contributed by atoms with E-state index in [0.29, 0.717) is 13.2 Å². The Morgan fingerprint density at radius 1 is 1.47 bits per heavy atom. The molecule has 0 aliphatic heterocycles. The summed E-state index contributed by atoms with van der Waals surface area (Å²) in [5.41, 5.74) is 5.45. The van der Waals surface area contributed by atoms with Gasteiger partial charge in [-0.3, -0.25) is 4.79 Å². The standard InChI is InChI=1S/C10H22N2O3/c1-5-12(8(2)7-14-3)10(13)9(6-11)15-4/h8-9H,5-7,11H2,1-4H3. The van der Waals surface area contributed by atoms with E-state index in [2.05, 4.69) is 0 Å². The summed E-state index contributed by atoms with van der Waals surface area (Å²) in [5, 5.41) is 0. The fourth-order valence-corrected chi connectivity index (χ4v) is 1.50. The van der Waals surface area contributed by atoms with Gasteiger partial charge in [-0.05, 0) is 13.8 Å². The zero-order valence-electron chi connectivity index (χ0n) is 10.0. The second kappa shape index (κ2) is 7.62. The summed E-state index contributed by atoms with van der Waals surface area (Å²) in [4.78, 5) is 13.6. The predicted molar refractivity (Wildman–Crippen MR) is 58.6 cm³/mol. The molecule has 0 aromatic rings. The number of nitrogens with zero attached hydrogens (tertiary/aromatic N) is 1. The van der Waals surface area contributed by atoms with Crippen molar-refractivity contribution in [2.75, 3.05) is 33.9 Å². The number of methoxy groups -OCH3 is 2. The van der Waals surface area contributed by atoms with E-state index in [0.717, 1.165) is 0 Å². The molecule has 0 aliphatic carbocycles. The van der Waals surface area contributed by atoms with Gasteiger partial charge in [0, 0.05) is 27.3 Å². The molecular formula is C10H22N2O3. The SMILES string of the molecule is CCN(C(=O)C(CN)OC)C(C)COC. The third-order valence-electron chi connectivity index (χ3n) is 2.34. The maximum atomic E-state index is 11.9. The summed E-state index contributed by atoms with van der Waals surface area (Å²) in [6, 6.07) is 0.0386. The molecule has 0 rings (SSSR count). The molecule has 0 bridgehead atoms. The minimum atomic E-state index is -0.552. The monoisotopic (exact) mass is 218 g/mol. The van der Waals surface area contributed by atoms with Crippen LogP contribution in [0, 0.1) is 0 Å². The second-order valence-corrected chi connectivity index (χ2v) is 3.39. The maximum Gasteiger partial charge on any atom is 0.253 e. The average Bonchev–Trinajstić information content (AvgIpc) is 2.21. The first-order valence-corrected chi connectivity index (χ1v) is 5.14. The molecule has 0 aliphatic rings. The number of carbonyl (C=O) groups is 1. The molecule has 0 saturated heterocycles. The first-order valence-electron chi connectivity index (χ1n) is 5.14. The van der Waals surface area contributed by atoms with Crippen LogP contribution < -0.4 is 5.73 Å². The molecule has 0 heterocycles. The highest BCUT2D eigenvalue weighted by molar-refractivity contribution is 5.81. The Hall–Kier alpha value is -0.650. The van der Waals surface area contributed by atoms with Gasteiger partial charge < -0.3 is 20.1 Å². The summed E-state index contributed by atoms with van der Waals surface area (Å²) in [5.74, 6) is -0.0768.